The summed E-state index contributed by atoms with van der Waals surface area (Å²) in [7, 11) is -2.28. The van der Waals surface area contributed by atoms with Crippen LogP contribution in [0.3, 0.4) is 0 Å². The fourth-order valence-corrected chi connectivity index (χ4v) is 4.04. The van der Waals surface area contributed by atoms with Gasteiger partial charge in [0.15, 0.2) is 0 Å². The first-order chi connectivity index (χ1) is 12.3. The summed E-state index contributed by atoms with van der Waals surface area (Å²) in [5.41, 5.74) is 0.464. The van der Waals surface area contributed by atoms with Gasteiger partial charge in [0.1, 0.15) is 17.3 Å². The average Bonchev–Trinajstić information content (AvgIpc) is 2.79. The molecule has 2 amide bonds. The van der Waals surface area contributed by atoms with Gasteiger partial charge < -0.3 is 10.6 Å². The molecule has 0 unspecified atom stereocenters. The summed E-state index contributed by atoms with van der Waals surface area (Å²) in [6.07, 6.45) is 0. The van der Waals surface area contributed by atoms with Gasteiger partial charge in [0.25, 0.3) is 0 Å². The second-order valence-electron chi connectivity index (χ2n) is 5.51. The van der Waals surface area contributed by atoms with Gasteiger partial charge in [0, 0.05) is 13.6 Å². The Hall–Kier alpha value is -2.88. The second-order valence-corrected chi connectivity index (χ2v) is 7.40. The number of nitrogens with one attached hydrogen (secondary N) is 2. The minimum atomic E-state index is -3.72. The summed E-state index contributed by atoms with van der Waals surface area (Å²) in [6.45, 7) is -0.0832. The molecular weight excluding hydrogens is 366 g/mol. The first-order valence-corrected chi connectivity index (χ1v) is 9.06. The minimum Gasteiger partial charge on any atom is -0.336 e. The standard InChI is InChI=1S/C16H16F2N4O3S/c1-21-13-7-2-3-8-14(13)22(26(21,24)25)10-9-19-16(23)20-15-11(17)5-4-6-12(15)18/h2-8H,9-10H2,1H3,(H2,19,20,23). The van der Waals surface area contributed by atoms with Crippen molar-refractivity contribution in [2.24, 2.45) is 0 Å². The smallest absolute Gasteiger partial charge is 0.326 e. The lowest BCUT2D eigenvalue weighted by atomic mass is 10.2. The maximum atomic E-state index is 13.5. The summed E-state index contributed by atoms with van der Waals surface area (Å²) in [6, 6.07) is 9.14. The Labute approximate surface area is 149 Å². The van der Waals surface area contributed by atoms with Gasteiger partial charge >= 0.3 is 16.2 Å². The minimum absolute atomic E-state index is 0.0309. The lowest BCUT2D eigenvalue weighted by Crippen LogP contribution is -2.41. The number of hydrogen-bond donors (Lipinski definition) is 2. The van der Waals surface area contributed by atoms with Gasteiger partial charge in [-0.25, -0.2) is 17.9 Å². The van der Waals surface area contributed by atoms with Gasteiger partial charge in [-0.3, -0.25) is 4.31 Å². The molecule has 0 bridgehead atoms. The number of para-hydroxylation sites is 3. The van der Waals surface area contributed by atoms with E-state index in [0.29, 0.717) is 11.4 Å². The molecule has 2 aromatic carbocycles. The monoisotopic (exact) mass is 382 g/mol. The third-order valence-corrected chi connectivity index (χ3v) is 5.74. The van der Waals surface area contributed by atoms with E-state index in [1.807, 2.05) is 0 Å². The zero-order valence-electron chi connectivity index (χ0n) is 13.7. The Balaban J connectivity index is 1.64. The first-order valence-electron chi connectivity index (χ1n) is 7.67. The summed E-state index contributed by atoms with van der Waals surface area (Å²) in [5, 5.41) is 4.46. The number of hydrogen-bond acceptors (Lipinski definition) is 3. The molecule has 0 aromatic heterocycles. The van der Waals surface area contributed by atoms with Crippen molar-refractivity contribution in [3.63, 3.8) is 0 Å². The number of anilines is 3. The van der Waals surface area contributed by atoms with Crippen LogP contribution in [0.2, 0.25) is 0 Å². The molecule has 0 radical (unpaired) electrons. The van der Waals surface area contributed by atoms with Crippen molar-refractivity contribution in [3.05, 3.63) is 54.1 Å². The number of carbonyl (C=O) groups is 1. The van der Waals surface area contributed by atoms with Crippen LogP contribution >= 0.6 is 0 Å². The molecule has 0 atom stereocenters. The van der Waals surface area contributed by atoms with Gasteiger partial charge in [-0.1, -0.05) is 18.2 Å². The van der Waals surface area contributed by atoms with Crippen LogP contribution in [0, 0.1) is 11.6 Å². The Kier molecular flexibility index (Phi) is 4.68. The third-order valence-electron chi connectivity index (χ3n) is 3.92. The van der Waals surface area contributed by atoms with Crippen molar-refractivity contribution < 1.29 is 22.0 Å². The van der Waals surface area contributed by atoms with Crippen molar-refractivity contribution in [2.75, 3.05) is 34.1 Å². The molecule has 0 aliphatic carbocycles. The van der Waals surface area contributed by atoms with Crippen molar-refractivity contribution >= 4 is 33.3 Å². The molecule has 10 heteroatoms. The highest BCUT2D eigenvalue weighted by atomic mass is 32.2. The predicted octanol–water partition coefficient (Wildman–Crippen LogP) is 2.29. The van der Waals surface area contributed by atoms with Crippen molar-refractivity contribution in [1.82, 2.24) is 5.32 Å². The first kappa shape index (κ1) is 17.9. The molecule has 0 saturated heterocycles. The van der Waals surface area contributed by atoms with Crippen LogP contribution < -0.4 is 19.2 Å². The Morgan fingerprint density at radius 1 is 1.04 bits per heavy atom. The molecule has 26 heavy (non-hydrogen) atoms. The van der Waals surface area contributed by atoms with Crippen LogP contribution in [0.5, 0.6) is 0 Å². The van der Waals surface area contributed by atoms with Crippen LogP contribution in [0.25, 0.3) is 0 Å². The summed E-state index contributed by atoms with van der Waals surface area (Å²) >= 11 is 0. The highest BCUT2D eigenvalue weighted by Gasteiger charge is 2.37. The molecule has 1 aliphatic heterocycles. The van der Waals surface area contributed by atoms with E-state index in [1.165, 1.54) is 13.1 Å². The molecule has 2 aromatic rings. The lowest BCUT2D eigenvalue weighted by molar-refractivity contribution is 0.252. The molecule has 0 spiro atoms. The van der Waals surface area contributed by atoms with E-state index < -0.39 is 33.6 Å². The number of benzene rings is 2. The van der Waals surface area contributed by atoms with E-state index in [2.05, 4.69) is 10.6 Å². The molecule has 0 fully saturated rings. The molecule has 1 aliphatic rings. The summed E-state index contributed by atoms with van der Waals surface area (Å²) < 4.78 is 54.2. The maximum absolute atomic E-state index is 13.5. The number of urea groups is 1. The van der Waals surface area contributed by atoms with E-state index >= 15 is 0 Å². The molecule has 1 heterocycles. The van der Waals surface area contributed by atoms with Crippen molar-refractivity contribution in [3.8, 4) is 0 Å². The quantitative estimate of drug-likeness (QED) is 0.851. The van der Waals surface area contributed by atoms with Gasteiger partial charge in [0.05, 0.1) is 17.9 Å². The molecule has 0 saturated carbocycles. The number of halogens is 2. The fourth-order valence-electron chi connectivity index (χ4n) is 2.62. The molecular formula is C16H16F2N4O3S. The predicted molar refractivity (Wildman–Crippen MR) is 94.5 cm³/mol. The maximum Gasteiger partial charge on any atom is 0.326 e. The molecule has 3 rings (SSSR count). The Morgan fingerprint density at radius 3 is 2.31 bits per heavy atom. The topological polar surface area (TPSA) is 81.8 Å². The number of rotatable bonds is 4. The van der Waals surface area contributed by atoms with Crippen molar-refractivity contribution in [1.29, 1.82) is 0 Å². The molecule has 138 valence electrons. The van der Waals surface area contributed by atoms with E-state index in [1.54, 1.807) is 24.3 Å². The zero-order valence-corrected chi connectivity index (χ0v) is 14.6. The number of carbonyl (C=O) groups excluding carboxylic acids is 1. The van der Waals surface area contributed by atoms with E-state index in [-0.39, 0.29) is 13.1 Å². The van der Waals surface area contributed by atoms with E-state index in [9.17, 15) is 22.0 Å². The summed E-state index contributed by atoms with van der Waals surface area (Å²) in [5.74, 6) is -1.81. The number of nitrogens with zero attached hydrogens (tertiary/aromatic N) is 2. The lowest BCUT2D eigenvalue weighted by Gasteiger charge is -2.19. The molecule has 7 nitrogen and oxygen atoms in total. The van der Waals surface area contributed by atoms with E-state index in [4.69, 9.17) is 0 Å². The van der Waals surface area contributed by atoms with Crippen LogP contribution in [-0.2, 0) is 10.2 Å². The Morgan fingerprint density at radius 2 is 1.65 bits per heavy atom. The van der Waals surface area contributed by atoms with Crippen LogP contribution in [0.15, 0.2) is 42.5 Å². The highest BCUT2D eigenvalue weighted by Crippen LogP contribution is 2.38. The second kappa shape index (κ2) is 6.79. The normalized spacial score (nSPS) is 14.9. The van der Waals surface area contributed by atoms with E-state index in [0.717, 1.165) is 20.7 Å². The zero-order chi connectivity index (χ0) is 18.9. The SMILES string of the molecule is CN1c2ccccc2N(CCNC(=O)Nc2c(F)cccc2F)S1(=O)=O. The average molecular weight is 382 g/mol. The van der Waals surface area contributed by atoms with Crippen LogP contribution in [-0.4, -0.2) is 34.6 Å². The highest BCUT2D eigenvalue weighted by molar-refractivity contribution is 7.94. The number of fused-ring (bicyclic) bond motifs is 1. The van der Waals surface area contributed by atoms with Gasteiger partial charge in [-0.05, 0) is 24.3 Å². The largest absolute Gasteiger partial charge is 0.336 e. The third kappa shape index (κ3) is 3.15. The number of amides is 2. The van der Waals surface area contributed by atoms with Gasteiger partial charge in [-0.15, -0.1) is 0 Å². The van der Waals surface area contributed by atoms with Gasteiger partial charge in [0.2, 0.25) is 0 Å². The van der Waals surface area contributed by atoms with Crippen LogP contribution in [0.1, 0.15) is 0 Å². The molecule has 2 N–H and O–H groups in total. The fraction of sp³-hybridized carbons (Fsp3) is 0.188. The Bertz CT molecular complexity index is 932. The van der Waals surface area contributed by atoms with Crippen LogP contribution in [0.4, 0.5) is 30.6 Å². The van der Waals surface area contributed by atoms with Crippen molar-refractivity contribution in [2.45, 2.75) is 0 Å². The summed E-state index contributed by atoms with van der Waals surface area (Å²) in [4.78, 5) is 11.8. The van der Waals surface area contributed by atoms with Gasteiger partial charge in [-0.2, -0.15) is 8.42 Å².